The molecule has 110 valence electrons. The minimum Gasteiger partial charge on any atom is -0.493 e. The molecule has 2 rings (SSSR count). The summed E-state index contributed by atoms with van der Waals surface area (Å²) in [5.41, 5.74) is 0. The molecule has 1 saturated heterocycles. The van der Waals surface area contributed by atoms with Crippen molar-refractivity contribution in [3.05, 3.63) is 30.3 Å². The summed E-state index contributed by atoms with van der Waals surface area (Å²) in [6.07, 6.45) is 2.29. The molecule has 1 amide bonds. The summed E-state index contributed by atoms with van der Waals surface area (Å²) < 4.78 is 5.60. The number of hydrogen-bond acceptors (Lipinski definition) is 3. The Morgan fingerprint density at radius 2 is 2.00 bits per heavy atom. The summed E-state index contributed by atoms with van der Waals surface area (Å²) in [5, 5.41) is 0. The summed E-state index contributed by atoms with van der Waals surface area (Å²) in [6.45, 7) is 4.78. The van der Waals surface area contributed by atoms with Crippen molar-refractivity contribution in [3.8, 4) is 5.75 Å². The van der Waals surface area contributed by atoms with Gasteiger partial charge in [0.2, 0.25) is 5.91 Å². The molecule has 0 N–H and O–H groups in total. The van der Waals surface area contributed by atoms with E-state index in [2.05, 4.69) is 6.92 Å². The largest absolute Gasteiger partial charge is 0.493 e. The Bertz CT molecular complexity index is 402. The maximum Gasteiger partial charge on any atom is 0.232 e. The molecule has 0 atom stereocenters. The van der Waals surface area contributed by atoms with Crippen LogP contribution in [0.1, 0.15) is 19.8 Å². The van der Waals surface area contributed by atoms with Crippen molar-refractivity contribution in [2.75, 3.05) is 31.2 Å². The van der Waals surface area contributed by atoms with Gasteiger partial charge in [0.15, 0.2) is 0 Å². The molecule has 0 spiro atoms. The van der Waals surface area contributed by atoms with Crippen molar-refractivity contribution in [2.24, 2.45) is 5.92 Å². The summed E-state index contributed by atoms with van der Waals surface area (Å²) >= 11 is 1.66. The molecule has 1 aromatic rings. The first-order valence-electron chi connectivity index (χ1n) is 7.29. The number of hydrogen-bond donors (Lipinski definition) is 0. The Labute approximate surface area is 125 Å². The van der Waals surface area contributed by atoms with Gasteiger partial charge in [0, 0.05) is 18.8 Å². The van der Waals surface area contributed by atoms with E-state index >= 15 is 0 Å². The quantitative estimate of drug-likeness (QED) is 0.755. The highest BCUT2D eigenvalue weighted by Gasteiger charge is 2.19. The van der Waals surface area contributed by atoms with Crippen molar-refractivity contribution in [1.82, 2.24) is 4.90 Å². The van der Waals surface area contributed by atoms with Crippen molar-refractivity contribution >= 4 is 17.7 Å². The lowest BCUT2D eigenvalue weighted by atomic mass is 9.99. The fourth-order valence-corrected chi connectivity index (χ4v) is 2.95. The number of benzene rings is 1. The molecule has 3 nitrogen and oxygen atoms in total. The first kappa shape index (κ1) is 15.2. The lowest BCUT2D eigenvalue weighted by Gasteiger charge is -2.30. The molecule has 20 heavy (non-hydrogen) atoms. The molecule has 1 aliphatic rings. The van der Waals surface area contributed by atoms with Crippen molar-refractivity contribution in [1.29, 1.82) is 0 Å². The van der Waals surface area contributed by atoms with E-state index in [0.717, 1.165) is 43.4 Å². The van der Waals surface area contributed by atoms with E-state index in [9.17, 15) is 4.79 Å². The minimum atomic E-state index is 0.279. The van der Waals surface area contributed by atoms with E-state index in [4.69, 9.17) is 4.74 Å². The first-order chi connectivity index (χ1) is 9.75. The zero-order valence-electron chi connectivity index (χ0n) is 12.1. The van der Waals surface area contributed by atoms with E-state index in [0.29, 0.717) is 12.4 Å². The van der Waals surface area contributed by atoms with Crippen LogP contribution in [0.25, 0.3) is 0 Å². The predicted octanol–water partition coefficient (Wildman–Crippen LogP) is 3.06. The third-order valence-electron chi connectivity index (χ3n) is 3.60. The number of nitrogens with zero attached hydrogens (tertiary/aromatic N) is 1. The van der Waals surface area contributed by atoms with Gasteiger partial charge in [-0.1, -0.05) is 25.1 Å². The number of likely N-dealkylation sites (tertiary alicyclic amines) is 1. The number of para-hydroxylation sites is 1. The number of carbonyl (C=O) groups is 1. The highest BCUT2D eigenvalue weighted by molar-refractivity contribution is 7.99. The van der Waals surface area contributed by atoms with Gasteiger partial charge < -0.3 is 9.64 Å². The average Bonchev–Trinajstić information content (AvgIpc) is 2.48. The summed E-state index contributed by atoms with van der Waals surface area (Å²) in [4.78, 5) is 14.0. The Morgan fingerprint density at radius 1 is 1.30 bits per heavy atom. The number of ether oxygens (including phenoxy) is 1. The van der Waals surface area contributed by atoms with Crippen LogP contribution in [-0.4, -0.2) is 42.0 Å². The SMILES string of the molecule is CC1CCN(C(=O)CSCCOc2ccccc2)CC1. The lowest BCUT2D eigenvalue weighted by Crippen LogP contribution is -2.39. The smallest absolute Gasteiger partial charge is 0.232 e. The number of piperidine rings is 1. The molecule has 1 fully saturated rings. The molecule has 1 aliphatic heterocycles. The van der Waals surface area contributed by atoms with Gasteiger partial charge in [0.1, 0.15) is 5.75 Å². The van der Waals surface area contributed by atoms with Crippen molar-refractivity contribution < 1.29 is 9.53 Å². The van der Waals surface area contributed by atoms with Gasteiger partial charge in [0.25, 0.3) is 0 Å². The van der Waals surface area contributed by atoms with Crippen LogP contribution in [0.2, 0.25) is 0 Å². The van der Waals surface area contributed by atoms with Gasteiger partial charge in [0.05, 0.1) is 12.4 Å². The zero-order valence-corrected chi connectivity index (χ0v) is 12.9. The van der Waals surface area contributed by atoms with Gasteiger partial charge in [-0.05, 0) is 30.9 Å². The van der Waals surface area contributed by atoms with E-state index in [-0.39, 0.29) is 5.91 Å². The van der Waals surface area contributed by atoms with Crippen LogP contribution in [-0.2, 0) is 4.79 Å². The maximum atomic E-state index is 12.0. The van der Waals surface area contributed by atoms with E-state index in [1.54, 1.807) is 11.8 Å². The van der Waals surface area contributed by atoms with Crippen LogP contribution >= 0.6 is 11.8 Å². The Hall–Kier alpha value is -1.16. The highest BCUT2D eigenvalue weighted by atomic mass is 32.2. The predicted molar refractivity (Wildman–Crippen MR) is 84.2 cm³/mol. The van der Waals surface area contributed by atoms with Gasteiger partial charge in [-0.3, -0.25) is 4.79 Å². The van der Waals surface area contributed by atoms with Crippen LogP contribution in [0.5, 0.6) is 5.75 Å². The Balaban J connectivity index is 1.55. The fraction of sp³-hybridized carbons (Fsp3) is 0.562. The second-order valence-electron chi connectivity index (χ2n) is 5.28. The van der Waals surface area contributed by atoms with Crippen LogP contribution in [0.15, 0.2) is 30.3 Å². The van der Waals surface area contributed by atoms with Crippen LogP contribution < -0.4 is 4.74 Å². The summed E-state index contributed by atoms with van der Waals surface area (Å²) in [5.74, 6) is 3.37. The Kier molecular flexibility index (Phi) is 6.25. The molecule has 0 aliphatic carbocycles. The first-order valence-corrected chi connectivity index (χ1v) is 8.44. The third kappa shape index (κ3) is 5.08. The molecule has 4 heteroatoms. The third-order valence-corrected chi connectivity index (χ3v) is 4.51. The van der Waals surface area contributed by atoms with Gasteiger partial charge in [-0.15, -0.1) is 11.8 Å². The molecule has 1 heterocycles. The van der Waals surface area contributed by atoms with Gasteiger partial charge in [-0.25, -0.2) is 0 Å². The summed E-state index contributed by atoms with van der Waals surface area (Å²) in [6, 6.07) is 9.79. The van der Waals surface area contributed by atoms with Crippen molar-refractivity contribution in [2.45, 2.75) is 19.8 Å². The maximum absolute atomic E-state index is 12.0. The molecular weight excluding hydrogens is 270 g/mol. The van der Waals surface area contributed by atoms with Gasteiger partial charge in [-0.2, -0.15) is 0 Å². The van der Waals surface area contributed by atoms with Gasteiger partial charge >= 0.3 is 0 Å². The van der Waals surface area contributed by atoms with Crippen molar-refractivity contribution in [3.63, 3.8) is 0 Å². The fourth-order valence-electron chi connectivity index (χ4n) is 2.24. The molecule has 0 aromatic heterocycles. The number of amides is 1. The van der Waals surface area contributed by atoms with Crippen LogP contribution in [0.4, 0.5) is 0 Å². The van der Waals surface area contributed by atoms with E-state index in [1.807, 2.05) is 35.2 Å². The zero-order chi connectivity index (χ0) is 14.2. The summed E-state index contributed by atoms with van der Waals surface area (Å²) in [7, 11) is 0. The number of thioether (sulfide) groups is 1. The lowest BCUT2D eigenvalue weighted by molar-refractivity contribution is -0.129. The molecule has 0 bridgehead atoms. The normalized spacial score (nSPS) is 16.1. The molecular formula is C16H23NO2S. The topological polar surface area (TPSA) is 29.5 Å². The molecule has 0 radical (unpaired) electrons. The van der Waals surface area contributed by atoms with E-state index in [1.165, 1.54) is 0 Å². The van der Waals surface area contributed by atoms with E-state index < -0.39 is 0 Å². The second-order valence-corrected chi connectivity index (χ2v) is 6.38. The monoisotopic (exact) mass is 293 g/mol. The number of carbonyl (C=O) groups excluding carboxylic acids is 1. The number of rotatable bonds is 6. The second kappa shape index (κ2) is 8.20. The van der Waals surface area contributed by atoms with Crippen LogP contribution in [0, 0.1) is 5.92 Å². The minimum absolute atomic E-state index is 0.279. The molecule has 1 aromatic carbocycles. The Morgan fingerprint density at radius 3 is 2.70 bits per heavy atom. The average molecular weight is 293 g/mol. The van der Waals surface area contributed by atoms with Crippen LogP contribution in [0.3, 0.4) is 0 Å². The highest BCUT2D eigenvalue weighted by Crippen LogP contribution is 2.17. The molecule has 0 saturated carbocycles. The standard InChI is InChI=1S/C16H23NO2S/c1-14-7-9-17(10-8-14)16(18)13-20-12-11-19-15-5-3-2-4-6-15/h2-6,14H,7-13H2,1H3. The molecule has 0 unspecified atom stereocenters.